The zero-order valence-corrected chi connectivity index (χ0v) is 11.1. The summed E-state index contributed by atoms with van der Waals surface area (Å²) in [7, 11) is 0. The lowest BCUT2D eigenvalue weighted by Crippen LogP contribution is -1.98. The molecule has 0 bridgehead atoms. The van der Waals surface area contributed by atoms with Crippen LogP contribution in [0, 0.1) is 0 Å². The molecule has 0 aliphatic rings. The van der Waals surface area contributed by atoms with Crippen LogP contribution in [0.2, 0.25) is 0 Å². The average Bonchev–Trinajstić information content (AvgIpc) is 2.37. The van der Waals surface area contributed by atoms with Crippen molar-refractivity contribution in [3.8, 4) is 5.75 Å². The molecule has 0 amide bonds. The third kappa shape index (κ3) is 6.44. The second kappa shape index (κ2) is 10.5. The van der Waals surface area contributed by atoms with Crippen LogP contribution in [0.5, 0.6) is 5.75 Å². The molecule has 16 heavy (non-hydrogen) atoms. The minimum Gasteiger partial charge on any atom is -0.493 e. The third-order valence-electron chi connectivity index (χ3n) is 2.17. The fourth-order valence-electron chi connectivity index (χ4n) is 1.28. The molecule has 0 saturated heterocycles. The summed E-state index contributed by atoms with van der Waals surface area (Å²) >= 11 is 0. The highest BCUT2D eigenvalue weighted by Crippen LogP contribution is 2.11. The zero-order valence-electron chi connectivity index (χ0n) is 11.1. The van der Waals surface area contributed by atoms with Gasteiger partial charge in [0.05, 0.1) is 6.61 Å². The minimum absolute atomic E-state index is 0.820. The van der Waals surface area contributed by atoms with Crippen LogP contribution in [0.1, 0.15) is 52.7 Å². The molecule has 2 heteroatoms. The Kier molecular flexibility index (Phi) is 9.78. The van der Waals surface area contributed by atoms with Gasteiger partial charge in [-0.1, -0.05) is 40.5 Å². The molecule has 1 aromatic heterocycles. The van der Waals surface area contributed by atoms with E-state index in [1.807, 2.05) is 32.2 Å². The van der Waals surface area contributed by atoms with Crippen LogP contribution in [-0.4, -0.2) is 11.6 Å². The fraction of sp³-hybridized carbons (Fsp3) is 0.643. The van der Waals surface area contributed by atoms with E-state index < -0.39 is 0 Å². The van der Waals surface area contributed by atoms with Crippen molar-refractivity contribution in [1.29, 1.82) is 0 Å². The summed E-state index contributed by atoms with van der Waals surface area (Å²) < 4.78 is 5.61. The maximum Gasteiger partial charge on any atom is 0.122 e. The molecule has 0 aliphatic carbocycles. The van der Waals surface area contributed by atoms with E-state index in [1.165, 1.54) is 12.8 Å². The predicted molar refractivity (Wildman–Crippen MR) is 70.0 cm³/mol. The van der Waals surface area contributed by atoms with Gasteiger partial charge in [-0.3, -0.25) is 4.98 Å². The second-order valence-corrected chi connectivity index (χ2v) is 3.39. The number of nitrogens with zero attached hydrogens (tertiary/aromatic N) is 1. The zero-order chi connectivity index (χ0) is 12.2. The number of aryl methyl sites for hydroxylation is 1. The Bertz CT molecular complexity index is 261. The van der Waals surface area contributed by atoms with Gasteiger partial charge in [-0.05, 0) is 18.9 Å². The second-order valence-electron chi connectivity index (χ2n) is 3.39. The van der Waals surface area contributed by atoms with Crippen LogP contribution in [0.3, 0.4) is 0 Å². The monoisotopic (exact) mass is 223 g/mol. The molecule has 0 fully saturated rings. The van der Waals surface area contributed by atoms with E-state index in [0.29, 0.717) is 0 Å². The smallest absolute Gasteiger partial charge is 0.122 e. The Morgan fingerprint density at radius 3 is 2.56 bits per heavy atom. The molecular weight excluding hydrogens is 198 g/mol. The molecule has 0 saturated carbocycles. The van der Waals surface area contributed by atoms with E-state index in [9.17, 15) is 0 Å². The molecule has 0 spiro atoms. The van der Waals surface area contributed by atoms with E-state index in [1.54, 1.807) is 0 Å². The number of hydrogen-bond donors (Lipinski definition) is 0. The van der Waals surface area contributed by atoms with Gasteiger partial charge in [0.2, 0.25) is 0 Å². The molecule has 0 radical (unpaired) electrons. The lowest BCUT2D eigenvalue weighted by Gasteiger charge is -2.06. The average molecular weight is 223 g/mol. The number of pyridine rings is 1. The summed E-state index contributed by atoms with van der Waals surface area (Å²) in [4.78, 5) is 4.22. The molecule has 1 aromatic rings. The van der Waals surface area contributed by atoms with Crippen molar-refractivity contribution in [3.63, 3.8) is 0 Å². The first kappa shape index (κ1) is 14.9. The van der Waals surface area contributed by atoms with Crippen molar-refractivity contribution in [2.24, 2.45) is 0 Å². The van der Waals surface area contributed by atoms with Gasteiger partial charge in [-0.25, -0.2) is 0 Å². The molecule has 92 valence electrons. The highest BCUT2D eigenvalue weighted by molar-refractivity contribution is 5.22. The van der Waals surface area contributed by atoms with E-state index in [-0.39, 0.29) is 0 Å². The van der Waals surface area contributed by atoms with Gasteiger partial charge in [0.1, 0.15) is 5.75 Å². The largest absolute Gasteiger partial charge is 0.493 e. The van der Waals surface area contributed by atoms with Crippen molar-refractivity contribution in [1.82, 2.24) is 4.98 Å². The lowest BCUT2D eigenvalue weighted by molar-refractivity contribution is 0.305. The van der Waals surface area contributed by atoms with Crippen LogP contribution < -0.4 is 4.74 Å². The van der Waals surface area contributed by atoms with Crippen molar-refractivity contribution >= 4 is 0 Å². The van der Waals surface area contributed by atoms with Crippen molar-refractivity contribution in [2.75, 3.05) is 6.61 Å². The quantitative estimate of drug-likeness (QED) is 0.673. The maximum absolute atomic E-state index is 5.61. The predicted octanol–water partition coefficient (Wildman–Crippen LogP) is 4.24. The lowest BCUT2D eigenvalue weighted by atomic mass is 10.2. The molecule has 1 heterocycles. The SMILES string of the molecule is CC.CCCCCOc1ccnc(CC)c1. The summed E-state index contributed by atoms with van der Waals surface area (Å²) in [6, 6.07) is 3.94. The van der Waals surface area contributed by atoms with Crippen LogP contribution in [0.4, 0.5) is 0 Å². The standard InChI is InChI=1S/C12H19NO.C2H6/c1-3-5-6-9-14-12-7-8-13-11(4-2)10-12;1-2/h7-8,10H,3-6,9H2,1-2H3;1-2H3. The molecule has 0 N–H and O–H groups in total. The summed E-state index contributed by atoms with van der Waals surface area (Å²) in [5.74, 6) is 0.952. The molecule has 0 aromatic carbocycles. The van der Waals surface area contributed by atoms with Gasteiger partial charge in [0, 0.05) is 18.0 Å². The van der Waals surface area contributed by atoms with Gasteiger partial charge >= 0.3 is 0 Å². The van der Waals surface area contributed by atoms with E-state index in [4.69, 9.17) is 4.74 Å². The molecule has 0 atom stereocenters. The van der Waals surface area contributed by atoms with Crippen LogP contribution in [0.15, 0.2) is 18.3 Å². The van der Waals surface area contributed by atoms with Gasteiger partial charge < -0.3 is 4.74 Å². The van der Waals surface area contributed by atoms with E-state index in [2.05, 4.69) is 18.8 Å². The Hall–Kier alpha value is -1.05. The number of aromatic nitrogens is 1. The number of rotatable bonds is 6. The van der Waals surface area contributed by atoms with E-state index in [0.717, 1.165) is 30.9 Å². The Morgan fingerprint density at radius 2 is 1.94 bits per heavy atom. The van der Waals surface area contributed by atoms with E-state index >= 15 is 0 Å². The summed E-state index contributed by atoms with van der Waals surface area (Å²) in [5, 5.41) is 0. The molecular formula is C14H25NO. The first-order valence-corrected chi connectivity index (χ1v) is 6.44. The fourth-order valence-corrected chi connectivity index (χ4v) is 1.28. The van der Waals surface area contributed by atoms with Crippen molar-refractivity contribution in [2.45, 2.75) is 53.4 Å². The highest BCUT2D eigenvalue weighted by atomic mass is 16.5. The van der Waals surface area contributed by atoms with Crippen LogP contribution >= 0.6 is 0 Å². The Balaban J connectivity index is 0.00000106. The first-order valence-electron chi connectivity index (χ1n) is 6.44. The summed E-state index contributed by atoms with van der Waals surface area (Å²) in [6.45, 7) is 9.12. The first-order chi connectivity index (χ1) is 7.86. The number of ether oxygens (including phenoxy) is 1. The number of hydrogen-bond acceptors (Lipinski definition) is 2. The minimum atomic E-state index is 0.820. The number of unbranched alkanes of at least 4 members (excludes halogenated alkanes) is 2. The third-order valence-corrected chi connectivity index (χ3v) is 2.17. The Labute approximate surface area is 100 Å². The maximum atomic E-state index is 5.61. The van der Waals surface area contributed by atoms with Gasteiger partial charge in [0.15, 0.2) is 0 Å². The van der Waals surface area contributed by atoms with Crippen LogP contribution in [0.25, 0.3) is 0 Å². The summed E-state index contributed by atoms with van der Waals surface area (Å²) in [5.41, 5.74) is 1.10. The Morgan fingerprint density at radius 1 is 1.19 bits per heavy atom. The highest BCUT2D eigenvalue weighted by Gasteiger charge is 1.95. The van der Waals surface area contributed by atoms with Crippen molar-refractivity contribution < 1.29 is 4.74 Å². The normalized spacial score (nSPS) is 9.25. The van der Waals surface area contributed by atoms with Crippen LogP contribution in [-0.2, 0) is 6.42 Å². The molecule has 0 aliphatic heterocycles. The van der Waals surface area contributed by atoms with Gasteiger partial charge in [0.25, 0.3) is 0 Å². The molecule has 2 nitrogen and oxygen atoms in total. The molecule has 1 rings (SSSR count). The van der Waals surface area contributed by atoms with Gasteiger partial charge in [-0.2, -0.15) is 0 Å². The topological polar surface area (TPSA) is 22.1 Å². The van der Waals surface area contributed by atoms with Gasteiger partial charge in [-0.15, -0.1) is 0 Å². The summed E-state index contributed by atoms with van der Waals surface area (Å²) in [6.07, 6.45) is 6.39. The van der Waals surface area contributed by atoms with Crippen molar-refractivity contribution in [3.05, 3.63) is 24.0 Å². The molecule has 0 unspecified atom stereocenters.